The Morgan fingerprint density at radius 2 is 1.82 bits per heavy atom. The average molecular weight is 273 g/mol. The highest BCUT2D eigenvalue weighted by Crippen LogP contribution is 2.17. The van der Waals surface area contributed by atoms with Crippen LogP contribution in [0.15, 0.2) is 0 Å². The van der Waals surface area contributed by atoms with E-state index in [4.69, 9.17) is 23.2 Å². The molecule has 0 saturated heterocycles. The van der Waals surface area contributed by atoms with Crippen LogP contribution in [-0.2, 0) is 12.8 Å². The molecule has 2 heterocycles. The standard InChI is InChI=1S/C9H10Cl2N6/c1-3-5-12-6(4-2)17(16-5)8-7(10)14-15-9(11)13-8/h3-4H2,1-2H3. The smallest absolute Gasteiger partial charge is 0.216 e. The normalized spacial score (nSPS) is 10.8. The molecule has 0 aliphatic carbocycles. The van der Waals surface area contributed by atoms with Crippen LogP contribution in [0.3, 0.4) is 0 Å². The van der Waals surface area contributed by atoms with Crippen molar-refractivity contribution in [2.45, 2.75) is 26.7 Å². The van der Waals surface area contributed by atoms with Crippen LogP contribution in [0.2, 0.25) is 10.4 Å². The summed E-state index contributed by atoms with van der Waals surface area (Å²) in [6.07, 6.45) is 1.45. The third-order valence-corrected chi connectivity index (χ3v) is 2.56. The maximum absolute atomic E-state index is 5.93. The molecule has 17 heavy (non-hydrogen) atoms. The third kappa shape index (κ3) is 2.37. The van der Waals surface area contributed by atoms with E-state index >= 15 is 0 Å². The predicted octanol–water partition coefficient (Wildman–Crippen LogP) is 1.88. The lowest BCUT2D eigenvalue weighted by atomic mass is 10.4. The molecule has 0 aliphatic heterocycles. The summed E-state index contributed by atoms with van der Waals surface area (Å²) in [6, 6.07) is 0. The molecule has 8 heteroatoms. The molecule has 0 unspecified atom stereocenters. The summed E-state index contributed by atoms with van der Waals surface area (Å²) in [7, 11) is 0. The zero-order chi connectivity index (χ0) is 12.4. The van der Waals surface area contributed by atoms with Crippen molar-refractivity contribution in [3.63, 3.8) is 0 Å². The van der Waals surface area contributed by atoms with E-state index in [-0.39, 0.29) is 10.4 Å². The summed E-state index contributed by atoms with van der Waals surface area (Å²) in [5.41, 5.74) is 0. The molecule has 6 nitrogen and oxygen atoms in total. The van der Waals surface area contributed by atoms with E-state index in [1.165, 1.54) is 0 Å². The van der Waals surface area contributed by atoms with Gasteiger partial charge in [-0.1, -0.05) is 25.4 Å². The topological polar surface area (TPSA) is 69.4 Å². The summed E-state index contributed by atoms with van der Waals surface area (Å²) in [5, 5.41) is 11.7. The van der Waals surface area contributed by atoms with Crippen LogP contribution in [0.4, 0.5) is 0 Å². The molecule has 0 radical (unpaired) electrons. The molecule has 0 spiro atoms. The number of halogens is 2. The summed E-state index contributed by atoms with van der Waals surface area (Å²) in [6.45, 7) is 3.95. The minimum Gasteiger partial charge on any atom is -0.216 e. The largest absolute Gasteiger partial charge is 0.245 e. The lowest BCUT2D eigenvalue weighted by Gasteiger charge is -2.03. The fourth-order valence-corrected chi connectivity index (χ4v) is 1.64. The molecule has 0 bridgehead atoms. The van der Waals surface area contributed by atoms with Gasteiger partial charge in [-0.2, -0.15) is 9.67 Å². The van der Waals surface area contributed by atoms with Gasteiger partial charge in [0.25, 0.3) is 0 Å². The second-order valence-corrected chi connectivity index (χ2v) is 3.95. The first-order valence-electron chi connectivity index (χ1n) is 5.16. The Kier molecular flexibility index (Phi) is 3.54. The van der Waals surface area contributed by atoms with E-state index in [1.807, 2.05) is 13.8 Å². The molecule has 0 aromatic carbocycles. The molecule has 0 amide bonds. The van der Waals surface area contributed by atoms with Gasteiger partial charge in [-0.3, -0.25) is 0 Å². The van der Waals surface area contributed by atoms with Crippen molar-refractivity contribution in [1.29, 1.82) is 0 Å². The van der Waals surface area contributed by atoms with Crippen LogP contribution in [0.25, 0.3) is 5.82 Å². The van der Waals surface area contributed by atoms with Crippen molar-refractivity contribution >= 4 is 23.2 Å². The Hall–Kier alpha value is -1.27. The Morgan fingerprint density at radius 1 is 1.06 bits per heavy atom. The van der Waals surface area contributed by atoms with Gasteiger partial charge in [0.2, 0.25) is 5.28 Å². The maximum Gasteiger partial charge on any atom is 0.245 e. The van der Waals surface area contributed by atoms with Crippen LogP contribution >= 0.6 is 23.2 Å². The second kappa shape index (κ2) is 4.93. The molecule has 0 saturated carbocycles. The van der Waals surface area contributed by atoms with Crippen LogP contribution in [0.5, 0.6) is 0 Å². The maximum atomic E-state index is 5.93. The molecule has 0 N–H and O–H groups in total. The fourth-order valence-electron chi connectivity index (χ4n) is 1.36. The van der Waals surface area contributed by atoms with Crippen LogP contribution in [0, 0.1) is 0 Å². The molecule has 0 fully saturated rings. The predicted molar refractivity (Wildman–Crippen MR) is 63.5 cm³/mol. The average Bonchev–Trinajstić information content (AvgIpc) is 2.75. The Bertz CT molecular complexity index is 538. The van der Waals surface area contributed by atoms with Gasteiger partial charge in [0.1, 0.15) is 5.82 Å². The van der Waals surface area contributed by atoms with Gasteiger partial charge in [0.05, 0.1) is 0 Å². The summed E-state index contributed by atoms with van der Waals surface area (Å²) < 4.78 is 1.56. The highest BCUT2D eigenvalue weighted by Gasteiger charge is 2.15. The number of aromatic nitrogens is 6. The van der Waals surface area contributed by atoms with Gasteiger partial charge in [0.15, 0.2) is 16.8 Å². The van der Waals surface area contributed by atoms with Crippen molar-refractivity contribution in [2.24, 2.45) is 0 Å². The van der Waals surface area contributed by atoms with E-state index in [0.717, 1.165) is 18.1 Å². The van der Waals surface area contributed by atoms with Gasteiger partial charge >= 0.3 is 0 Å². The molecule has 0 aliphatic rings. The van der Waals surface area contributed by atoms with E-state index in [2.05, 4.69) is 25.3 Å². The van der Waals surface area contributed by atoms with Crippen LogP contribution < -0.4 is 0 Å². The van der Waals surface area contributed by atoms with Gasteiger partial charge < -0.3 is 0 Å². The number of hydrogen-bond acceptors (Lipinski definition) is 5. The quantitative estimate of drug-likeness (QED) is 0.854. The minimum atomic E-state index is 0.0278. The van der Waals surface area contributed by atoms with Crippen molar-refractivity contribution in [3.8, 4) is 5.82 Å². The van der Waals surface area contributed by atoms with E-state index in [9.17, 15) is 0 Å². The molecule has 2 rings (SSSR count). The molecule has 2 aromatic heterocycles. The molecular weight excluding hydrogens is 263 g/mol. The van der Waals surface area contributed by atoms with Gasteiger partial charge in [-0.15, -0.1) is 15.3 Å². The monoisotopic (exact) mass is 272 g/mol. The summed E-state index contributed by atoms with van der Waals surface area (Å²) in [5.74, 6) is 1.85. The van der Waals surface area contributed by atoms with Crippen LogP contribution in [0.1, 0.15) is 25.5 Å². The minimum absolute atomic E-state index is 0.0278. The first kappa shape index (κ1) is 12.2. The second-order valence-electron chi connectivity index (χ2n) is 3.26. The van der Waals surface area contributed by atoms with Gasteiger partial charge in [-0.25, -0.2) is 4.98 Å². The van der Waals surface area contributed by atoms with E-state index in [1.54, 1.807) is 4.68 Å². The van der Waals surface area contributed by atoms with Gasteiger partial charge in [0, 0.05) is 12.8 Å². The highest BCUT2D eigenvalue weighted by atomic mass is 35.5. The van der Waals surface area contributed by atoms with Crippen molar-refractivity contribution in [2.75, 3.05) is 0 Å². The van der Waals surface area contributed by atoms with E-state index in [0.29, 0.717) is 12.2 Å². The van der Waals surface area contributed by atoms with E-state index < -0.39 is 0 Å². The zero-order valence-corrected chi connectivity index (χ0v) is 10.9. The Balaban J connectivity index is 2.58. The fraction of sp³-hybridized carbons (Fsp3) is 0.444. The molecule has 0 atom stereocenters. The first-order chi connectivity index (χ1) is 8.15. The lowest BCUT2D eigenvalue weighted by molar-refractivity contribution is 0.752. The molecule has 90 valence electrons. The summed E-state index contributed by atoms with van der Waals surface area (Å²) in [4.78, 5) is 8.38. The number of rotatable bonds is 3. The lowest BCUT2D eigenvalue weighted by Crippen LogP contribution is -2.07. The third-order valence-electron chi connectivity index (χ3n) is 2.15. The first-order valence-corrected chi connectivity index (χ1v) is 5.92. The Morgan fingerprint density at radius 3 is 2.47 bits per heavy atom. The Labute approximate surface area is 108 Å². The number of hydrogen-bond donors (Lipinski definition) is 0. The molecule has 2 aromatic rings. The van der Waals surface area contributed by atoms with Gasteiger partial charge in [-0.05, 0) is 11.6 Å². The zero-order valence-electron chi connectivity index (χ0n) is 9.35. The summed E-state index contributed by atoms with van der Waals surface area (Å²) >= 11 is 11.6. The number of aryl methyl sites for hydroxylation is 2. The van der Waals surface area contributed by atoms with Crippen molar-refractivity contribution < 1.29 is 0 Å². The van der Waals surface area contributed by atoms with Crippen molar-refractivity contribution in [3.05, 3.63) is 22.1 Å². The molecular formula is C9H10Cl2N6. The highest BCUT2D eigenvalue weighted by molar-refractivity contribution is 6.31. The van der Waals surface area contributed by atoms with Crippen LogP contribution in [-0.4, -0.2) is 29.9 Å². The SMILES string of the molecule is CCc1nc(CC)n(-c2nc(Cl)nnc2Cl)n1. The number of nitrogens with zero attached hydrogens (tertiary/aromatic N) is 6. The van der Waals surface area contributed by atoms with Crippen molar-refractivity contribution in [1.82, 2.24) is 29.9 Å².